The van der Waals surface area contributed by atoms with Crippen LogP contribution in [0.4, 0.5) is 0 Å². The Kier molecular flexibility index (Phi) is 5.14. The molecule has 0 fully saturated rings. The Morgan fingerprint density at radius 1 is 1.31 bits per heavy atom. The van der Waals surface area contributed by atoms with Gasteiger partial charge in [-0.3, -0.25) is 14.8 Å². The van der Waals surface area contributed by atoms with E-state index in [0.717, 1.165) is 16.5 Å². The van der Waals surface area contributed by atoms with Crippen molar-refractivity contribution in [1.82, 2.24) is 15.3 Å². The van der Waals surface area contributed by atoms with E-state index in [-0.39, 0.29) is 11.7 Å². The normalized spacial score (nSPS) is 13.3. The predicted molar refractivity (Wildman–Crippen MR) is 101 cm³/mol. The molecule has 2 atom stereocenters. The number of phenols is 1. The summed E-state index contributed by atoms with van der Waals surface area (Å²) < 4.78 is 0. The third kappa shape index (κ3) is 3.36. The molecule has 134 valence electrons. The Balaban J connectivity index is 2.14. The maximum Gasteiger partial charge on any atom is 0.237 e. The number of nitrogens with two attached hydrogens (primary N) is 1. The SMILES string of the molecule is CCC(N)C(=O)NC(c1cccnc1)c1cc(C)c2cccnc2c1O. The lowest BCUT2D eigenvalue weighted by Gasteiger charge is -2.23. The molecule has 0 aliphatic heterocycles. The van der Waals surface area contributed by atoms with E-state index in [2.05, 4.69) is 15.3 Å². The van der Waals surface area contributed by atoms with E-state index < -0.39 is 12.1 Å². The van der Waals surface area contributed by atoms with Crippen LogP contribution < -0.4 is 11.1 Å². The zero-order chi connectivity index (χ0) is 18.7. The largest absolute Gasteiger partial charge is 0.505 e. The number of hydrogen-bond donors (Lipinski definition) is 3. The molecular formula is C20H22N4O2. The molecule has 0 aliphatic rings. The molecule has 2 unspecified atom stereocenters. The van der Waals surface area contributed by atoms with Gasteiger partial charge in [-0.05, 0) is 42.7 Å². The van der Waals surface area contributed by atoms with Gasteiger partial charge in [0.05, 0.1) is 12.1 Å². The summed E-state index contributed by atoms with van der Waals surface area (Å²) in [5.41, 5.74) is 8.67. The van der Waals surface area contributed by atoms with Gasteiger partial charge >= 0.3 is 0 Å². The number of nitrogens with one attached hydrogen (secondary N) is 1. The zero-order valence-electron chi connectivity index (χ0n) is 14.8. The molecule has 0 saturated carbocycles. The standard InChI is InChI=1S/C20H22N4O2/c1-3-16(21)20(26)24-17(13-6-4-8-22-11-13)15-10-12(2)14-7-5-9-23-18(14)19(15)25/h4-11,16-17,25H,3,21H2,1-2H3,(H,24,26). The highest BCUT2D eigenvalue weighted by Gasteiger charge is 2.24. The maximum atomic E-state index is 12.4. The summed E-state index contributed by atoms with van der Waals surface area (Å²) in [7, 11) is 0. The number of aromatic nitrogens is 2. The fourth-order valence-electron chi connectivity index (χ4n) is 2.97. The van der Waals surface area contributed by atoms with E-state index in [1.807, 2.05) is 38.1 Å². The second-order valence-electron chi connectivity index (χ2n) is 6.27. The Hall–Kier alpha value is -2.99. The molecule has 0 aliphatic carbocycles. The van der Waals surface area contributed by atoms with Gasteiger partial charge in [-0.25, -0.2) is 0 Å². The Morgan fingerprint density at radius 2 is 2.08 bits per heavy atom. The number of aromatic hydroxyl groups is 1. The molecular weight excluding hydrogens is 328 g/mol. The van der Waals surface area contributed by atoms with Crippen LogP contribution in [0.3, 0.4) is 0 Å². The van der Waals surface area contributed by atoms with E-state index in [4.69, 9.17) is 5.73 Å². The lowest BCUT2D eigenvalue weighted by molar-refractivity contribution is -0.122. The van der Waals surface area contributed by atoms with Crippen molar-refractivity contribution >= 4 is 16.8 Å². The van der Waals surface area contributed by atoms with Crippen LogP contribution >= 0.6 is 0 Å². The van der Waals surface area contributed by atoms with E-state index in [1.54, 1.807) is 24.7 Å². The van der Waals surface area contributed by atoms with Crippen LogP contribution in [0.15, 0.2) is 48.9 Å². The van der Waals surface area contributed by atoms with Gasteiger partial charge < -0.3 is 16.2 Å². The number of amides is 1. The van der Waals surface area contributed by atoms with Gasteiger partial charge in [0.2, 0.25) is 5.91 Å². The molecule has 6 nitrogen and oxygen atoms in total. The number of rotatable bonds is 5. The first-order valence-corrected chi connectivity index (χ1v) is 8.56. The summed E-state index contributed by atoms with van der Waals surface area (Å²) in [5.74, 6) is -0.232. The molecule has 0 saturated heterocycles. The van der Waals surface area contributed by atoms with Crippen molar-refractivity contribution in [2.24, 2.45) is 5.73 Å². The fourth-order valence-corrected chi connectivity index (χ4v) is 2.97. The van der Waals surface area contributed by atoms with Crippen LogP contribution in [-0.4, -0.2) is 27.0 Å². The third-order valence-electron chi connectivity index (χ3n) is 4.49. The van der Waals surface area contributed by atoms with Gasteiger partial charge in [0.1, 0.15) is 11.3 Å². The first-order chi connectivity index (χ1) is 12.5. The number of nitrogens with zero attached hydrogens (tertiary/aromatic N) is 2. The quantitative estimate of drug-likeness (QED) is 0.656. The molecule has 0 bridgehead atoms. The van der Waals surface area contributed by atoms with Gasteiger partial charge in [0.15, 0.2) is 0 Å². The van der Waals surface area contributed by atoms with Crippen LogP contribution in [0.2, 0.25) is 0 Å². The maximum absolute atomic E-state index is 12.4. The number of benzene rings is 1. The van der Waals surface area contributed by atoms with Crippen molar-refractivity contribution in [3.05, 3.63) is 65.6 Å². The highest BCUT2D eigenvalue weighted by atomic mass is 16.3. The number of carbonyl (C=O) groups is 1. The van der Waals surface area contributed by atoms with Gasteiger partial charge in [-0.2, -0.15) is 0 Å². The smallest absolute Gasteiger partial charge is 0.237 e. The summed E-state index contributed by atoms with van der Waals surface area (Å²) in [6.07, 6.45) is 5.48. The second-order valence-corrected chi connectivity index (χ2v) is 6.27. The summed E-state index contributed by atoms with van der Waals surface area (Å²) in [5, 5.41) is 14.7. The highest BCUT2D eigenvalue weighted by molar-refractivity contribution is 5.89. The first kappa shape index (κ1) is 17.8. The number of aryl methyl sites for hydroxylation is 1. The van der Waals surface area contributed by atoms with Crippen molar-refractivity contribution in [2.75, 3.05) is 0 Å². The fraction of sp³-hybridized carbons (Fsp3) is 0.250. The predicted octanol–water partition coefficient (Wildman–Crippen LogP) is 2.59. The number of pyridine rings is 2. The highest BCUT2D eigenvalue weighted by Crippen LogP contribution is 2.36. The van der Waals surface area contributed by atoms with Crippen molar-refractivity contribution in [1.29, 1.82) is 0 Å². The molecule has 3 aromatic rings. The van der Waals surface area contributed by atoms with Gasteiger partial charge in [-0.15, -0.1) is 0 Å². The molecule has 1 amide bonds. The number of fused-ring (bicyclic) bond motifs is 1. The lowest BCUT2D eigenvalue weighted by Crippen LogP contribution is -2.42. The molecule has 0 spiro atoms. The average Bonchev–Trinajstić information content (AvgIpc) is 2.69. The molecule has 6 heteroatoms. The van der Waals surface area contributed by atoms with Gasteiger partial charge in [0, 0.05) is 29.5 Å². The van der Waals surface area contributed by atoms with Crippen molar-refractivity contribution < 1.29 is 9.90 Å². The molecule has 3 rings (SSSR count). The van der Waals surface area contributed by atoms with Crippen LogP contribution in [0.1, 0.15) is 36.1 Å². The summed E-state index contributed by atoms with van der Waals surface area (Å²) in [6, 6.07) is 8.06. The first-order valence-electron chi connectivity index (χ1n) is 8.56. The van der Waals surface area contributed by atoms with Crippen LogP contribution in [0.25, 0.3) is 10.9 Å². The average molecular weight is 350 g/mol. The van der Waals surface area contributed by atoms with Gasteiger partial charge in [-0.1, -0.05) is 19.1 Å². The van der Waals surface area contributed by atoms with Crippen molar-refractivity contribution in [3.63, 3.8) is 0 Å². The number of carbonyl (C=O) groups excluding carboxylic acids is 1. The third-order valence-corrected chi connectivity index (χ3v) is 4.49. The van der Waals surface area contributed by atoms with Crippen molar-refractivity contribution in [3.8, 4) is 5.75 Å². The van der Waals surface area contributed by atoms with Crippen molar-refractivity contribution in [2.45, 2.75) is 32.4 Å². The molecule has 26 heavy (non-hydrogen) atoms. The zero-order valence-corrected chi connectivity index (χ0v) is 14.8. The second kappa shape index (κ2) is 7.49. The molecule has 4 N–H and O–H groups in total. The Labute approximate surface area is 152 Å². The van der Waals surface area contributed by atoms with E-state index >= 15 is 0 Å². The number of hydrogen-bond acceptors (Lipinski definition) is 5. The monoisotopic (exact) mass is 350 g/mol. The van der Waals surface area contributed by atoms with E-state index in [0.29, 0.717) is 17.5 Å². The molecule has 2 heterocycles. The topological polar surface area (TPSA) is 101 Å². The molecule has 1 aromatic carbocycles. The minimum atomic E-state index is -0.615. The minimum absolute atomic E-state index is 0.0467. The van der Waals surface area contributed by atoms with Crippen LogP contribution in [0, 0.1) is 6.92 Å². The Morgan fingerprint density at radius 3 is 2.77 bits per heavy atom. The summed E-state index contributed by atoms with van der Waals surface area (Å²) >= 11 is 0. The lowest BCUT2D eigenvalue weighted by atomic mass is 9.94. The van der Waals surface area contributed by atoms with E-state index in [9.17, 15) is 9.90 Å². The minimum Gasteiger partial charge on any atom is -0.505 e. The van der Waals surface area contributed by atoms with Crippen LogP contribution in [0.5, 0.6) is 5.75 Å². The van der Waals surface area contributed by atoms with E-state index in [1.165, 1.54) is 0 Å². The van der Waals surface area contributed by atoms with Crippen LogP contribution in [-0.2, 0) is 4.79 Å². The molecule has 0 radical (unpaired) electrons. The Bertz CT molecular complexity index is 928. The summed E-state index contributed by atoms with van der Waals surface area (Å²) in [4.78, 5) is 20.9. The number of phenolic OH excluding ortho intramolecular Hbond substituents is 1. The molecule has 2 aromatic heterocycles. The van der Waals surface area contributed by atoms with Gasteiger partial charge in [0.25, 0.3) is 0 Å². The summed E-state index contributed by atoms with van der Waals surface area (Å²) in [6.45, 7) is 3.80.